The quantitative estimate of drug-likeness (QED) is 0.803. The summed E-state index contributed by atoms with van der Waals surface area (Å²) in [4.78, 5) is 11.0. The monoisotopic (exact) mass is 267 g/mol. The van der Waals surface area contributed by atoms with Crippen molar-refractivity contribution < 1.29 is 18.3 Å². The van der Waals surface area contributed by atoms with Crippen LogP contribution in [0.2, 0.25) is 0 Å². The standard InChI is InChI=1S/C9H17NO4S2/c1-3-5-16(13,14)10-7(9(11)12)6-15-8(10)4-2/h7-8H,3-6H2,1-2H3,(H,11,12). The fraction of sp³-hybridized carbons (Fsp3) is 0.889. The average Bonchev–Trinajstić information content (AvgIpc) is 2.61. The fourth-order valence-corrected chi connectivity index (χ4v) is 5.46. The number of hydrogen-bond acceptors (Lipinski definition) is 4. The lowest BCUT2D eigenvalue weighted by Crippen LogP contribution is -2.46. The van der Waals surface area contributed by atoms with E-state index in [1.165, 1.54) is 16.1 Å². The van der Waals surface area contributed by atoms with Crippen LogP contribution < -0.4 is 0 Å². The molecule has 1 fully saturated rings. The zero-order valence-electron chi connectivity index (χ0n) is 9.42. The van der Waals surface area contributed by atoms with Crippen molar-refractivity contribution >= 4 is 27.8 Å². The van der Waals surface area contributed by atoms with Crippen molar-refractivity contribution in [3.05, 3.63) is 0 Å². The molecule has 0 radical (unpaired) electrons. The molecule has 0 aromatic rings. The van der Waals surface area contributed by atoms with E-state index in [0.717, 1.165) is 0 Å². The molecule has 2 atom stereocenters. The minimum atomic E-state index is -3.43. The Morgan fingerprint density at radius 1 is 1.50 bits per heavy atom. The number of rotatable bonds is 5. The first-order valence-corrected chi connectivity index (χ1v) is 7.95. The zero-order chi connectivity index (χ0) is 12.3. The molecule has 0 amide bonds. The van der Waals surface area contributed by atoms with E-state index in [1.54, 1.807) is 6.92 Å². The molecule has 0 saturated carbocycles. The summed E-state index contributed by atoms with van der Waals surface area (Å²) in [5.41, 5.74) is 0. The van der Waals surface area contributed by atoms with E-state index in [4.69, 9.17) is 5.11 Å². The topological polar surface area (TPSA) is 74.7 Å². The maximum Gasteiger partial charge on any atom is 0.322 e. The van der Waals surface area contributed by atoms with Gasteiger partial charge in [-0.2, -0.15) is 4.31 Å². The van der Waals surface area contributed by atoms with Gasteiger partial charge in [0, 0.05) is 5.75 Å². The van der Waals surface area contributed by atoms with E-state index in [0.29, 0.717) is 18.6 Å². The highest BCUT2D eigenvalue weighted by atomic mass is 32.2. The lowest BCUT2D eigenvalue weighted by molar-refractivity contribution is -0.140. The molecule has 5 nitrogen and oxygen atoms in total. The van der Waals surface area contributed by atoms with Crippen molar-refractivity contribution in [2.75, 3.05) is 11.5 Å². The Morgan fingerprint density at radius 2 is 2.12 bits per heavy atom. The van der Waals surface area contributed by atoms with E-state index in [1.807, 2.05) is 6.92 Å². The normalized spacial score (nSPS) is 27.1. The van der Waals surface area contributed by atoms with Gasteiger partial charge in [-0.15, -0.1) is 11.8 Å². The van der Waals surface area contributed by atoms with Crippen molar-refractivity contribution in [3.63, 3.8) is 0 Å². The second-order valence-corrected chi connectivity index (χ2v) is 6.90. The summed E-state index contributed by atoms with van der Waals surface area (Å²) < 4.78 is 25.1. The third-order valence-electron chi connectivity index (χ3n) is 2.46. The molecule has 1 rings (SSSR count). The van der Waals surface area contributed by atoms with Crippen LogP contribution in [0.5, 0.6) is 0 Å². The van der Waals surface area contributed by atoms with Gasteiger partial charge in [-0.1, -0.05) is 13.8 Å². The minimum Gasteiger partial charge on any atom is -0.480 e. The van der Waals surface area contributed by atoms with Gasteiger partial charge in [0.15, 0.2) is 0 Å². The number of aliphatic carboxylic acids is 1. The Kier molecular flexibility index (Phi) is 4.63. The number of sulfonamides is 1. The van der Waals surface area contributed by atoms with Crippen molar-refractivity contribution in [2.45, 2.75) is 38.1 Å². The molecule has 0 spiro atoms. The van der Waals surface area contributed by atoms with Gasteiger partial charge in [-0.25, -0.2) is 8.42 Å². The highest BCUT2D eigenvalue weighted by Crippen LogP contribution is 2.34. The number of carboxylic acid groups (broad SMARTS) is 1. The van der Waals surface area contributed by atoms with Gasteiger partial charge in [0.1, 0.15) is 6.04 Å². The summed E-state index contributed by atoms with van der Waals surface area (Å²) in [5.74, 6) is -0.687. The van der Waals surface area contributed by atoms with Gasteiger partial charge in [0.05, 0.1) is 11.1 Å². The summed E-state index contributed by atoms with van der Waals surface area (Å²) in [6.45, 7) is 3.65. The Balaban J connectivity index is 2.98. The summed E-state index contributed by atoms with van der Waals surface area (Å²) in [6, 6.07) is -0.897. The lowest BCUT2D eigenvalue weighted by Gasteiger charge is -2.25. The minimum absolute atomic E-state index is 0.0217. The van der Waals surface area contributed by atoms with Crippen LogP contribution in [0.1, 0.15) is 26.7 Å². The first kappa shape index (κ1) is 13.8. The SMILES string of the molecule is CCCS(=O)(=O)N1C(CC)SCC1C(=O)O. The van der Waals surface area contributed by atoms with Crippen molar-refractivity contribution in [3.8, 4) is 0 Å². The number of carbonyl (C=O) groups is 1. The Bertz CT molecular complexity index is 355. The largest absolute Gasteiger partial charge is 0.480 e. The molecule has 1 aliphatic rings. The van der Waals surface area contributed by atoms with E-state index < -0.39 is 22.0 Å². The van der Waals surface area contributed by atoms with Crippen molar-refractivity contribution in [2.24, 2.45) is 0 Å². The predicted molar refractivity (Wildman–Crippen MR) is 63.9 cm³/mol. The Labute approximate surface area is 100 Å². The molecular weight excluding hydrogens is 250 g/mol. The van der Waals surface area contributed by atoms with E-state index in [-0.39, 0.29) is 11.1 Å². The predicted octanol–water partition coefficient (Wildman–Crippen LogP) is 0.964. The highest BCUT2D eigenvalue weighted by Gasteiger charge is 2.44. The number of nitrogens with zero attached hydrogens (tertiary/aromatic N) is 1. The second kappa shape index (κ2) is 5.37. The first-order valence-electron chi connectivity index (χ1n) is 5.29. The van der Waals surface area contributed by atoms with Crippen LogP contribution in [0.4, 0.5) is 0 Å². The molecule has 7 heteroatoms. The van der Waals surface area contributed by atoms with Crippen LogP contribution >= 0.6 is 11.8 Å². The molecule has 2 unspecified atom stereocenters. The fourth-order valence-electron chi connectivity index (χ4n) is 1.76. The molecule has 0 aromatic heterocycles. The number of thioether (sulfide) groups is 1. The molecule has 0 aromatic carbocycles. The van der Waals surface area contributed by atoms with Crippen LogP contribution in [0, 0.1) is 0 Å². The summed E-state index contributed by atoms with van der Waals surface area (Å²) in [5, 5.41) is 8.78. The summed E-state index contributed by atoms with van der Waals surface area (Å²) in [6.07, 6.45) is 1.14. The first-order chi connectivity index (χ1) is 7.44. The third kappa shape index (κ3) is 2.70. The maximum atomic E-state index is 12.0. The van der Waals surface area contributed by atoms with Crippen LogP contribution in [-0.2, 0) is 14.8 Å². The van der Waals surface area contributed by atoms with Gasteiger partial charge < -0.3 is 5.11 Å². The van der Waals surface area contributed by atoms with Gasteiger partial charge >= 0.3 is 5.97 Å². The zero-order valence-corrected chi connectivity index (χ0v) is 11.1. The summed E-state index contributed by atoms with van der Waals surface area (Å²) >= 11 is 1.41. The van der Waals surface area contributed by atoms with Gasteiger partial charge in [0.2, 0.25) is 10.0 Å². The number of hydrogen-bond donors (Lipinski definition) is 1. The van der Waals surface area contributed by atoms with Gasteiger partial charge in [-0.3, -0.25) is 4.79 Å². The van der Waals surface area contributed by atoms with Gasteiger partial charge in [-0.05, 0) is 12.8 Å². The van der Waals surface area contributed by atoms with E-state index in [2.05, 4.69) is 0 Å². The molecule has 94 valence electrons. The van der Waals surface area contributed by atoms with Crippen LogP contribution in [0.25, 0.3) is 0 Å². The van der Waals surface area contributed by atoms with Crippen molar-refractivity contribution in [1.82, 2.24) is 4.31 Å². The molecule has 0 bridgehead atoms. The molecule has 1 saturated heterocycles. The molecule has 1 heterocycles. The third-order valence-corrected chi connectivity index (χ3v) is 6.12. The van der Waals surface area contributed by atoms with E-state index >= 15 is 0 Å². The van der Waals surface area contributed by atoms with Crippen LogP contribution in [0.15, 0.2) is 0 Å². The van der Waals surface area contributed by atoms with Crippen LogP contribution in [-0.4, -0.2) is 46.7 Å². The highest BCUT2D eigenvalue weighted by molar-refractivity contribution is 8.01. The molecular formula is C9H17NO4S2. The molecule has 1 N–H and O–H groups in total. The number of carboxylic acids is 1. The molecule has 1 aliphatic heterocycles. The maximum absolute atomic E-state index is 12.0. The lowest BCUT2D eigenvalue weighted by atomic mass is 10.3. The van der Waals surface area contributed by atoms with Crippen molar-refractivity contribution in [1.29, 1.82) is 0 Å². The molecule has 16 heavy (non-hydrogen) atoms. The van der Waals surface area contributed by atoms with E-state index in [9.17, 15) is 13.2 Å². The Morgan fingerprint density at radius 3 is 2.56 bits per heavy atom. The average molecular weight is 267 g/mol. The summed E-state index contributed by atoms with van der Waals surface area (Å²) in [7, 11) is -3.43. The van der Waals surface area contributed by atoms with Gasteiger partial charge in [0.25, 0.3) is 0 Å². The second-order valence-electron chi connectivity index (χ2n) is 3.70. The Hall–Kier alpha value is -0.270. The van der Waals surface area contributed by atoms with Crippen LogP contribution in [0.3, 0.4) is 0 Å². The molecule has 0 aliphatic carbocycles. The smallest absolute Gasteiger partial charge is 0.322 e.